The van der Waals surface area contributed by atoms with Crippen LogP contribution in [-0.2, 0) is 16.1 Å². The fourth-order valence-electron chi connectivity index (χ4n) is 18.1. The first-order valence-corrected chi connectivity index (χ1v) is 15.7. The summed E-state index contributed by atoms with van der Waals surface area (Å²) in [5, 5.41) is 19.8. The van der Waals surface area contributed by atoms with Gasteiger partial charge >= 0.3 is 85.4 Å². The molecule has 0 radical (unpaired) electrons. The van der Waals surface area contributed by atoms with Gasteiger partial charge in [-0.15, -0.1) is 11.6 Å². The SMILES string of the molecule is CCCCCCl.O=C(O)[C]12[CH]3[CH]4[CH]5[C]1(C(=O)O)[Fe]43521678[CH]2[CH]1[CH]6[CH]7[CH]28. The molecule has 1 spiro atoms. The van der Waals surface area contributed by atoms with Gasteiger partial charge in [0.2, 0.25) is 0 Å². The van der Waals surface area contributed by atoms with E-state index in [4.69, 9.17) is 11.6 Å². The first kappa shape index (κ1) is 11.4. The van der Waals surface area contributed by atoms with E-state index in [9.17, 15) is 19.8 Å². The minimum absolute atomic E-state index is 0.505. The molecule has 0 aliphatic carbocycles. The summed E-state index contributed by atoms with van der Waals surface area (Å²) in [6, 6.07) is 0. The molecule has 23 heavy (non-hydrogen) atoms. The molecule has 0 aromatic rings. The first-order chi connectivity index (χ1) is 10.7. The third kappa shape index (κ3) is 0.145. The van der Waals surface area contributed by atoms with Gasteiger partial charge in [0, 0.05) is 5.88 Å². The zero-order valence-electron chi connectivity index (χ0n) is 12.9. The van der Waals surface area contributed by atoms with Gasteiger partial charge in [-0.25, -0.2) is 0 Å². The van der Waals surface area contributed by atoms with Crippen LogP contribution < -0.4 is 0 Å². The summed E-state index contributed by atoms with van der Waals surface area (Å²) in [6.45, 7) is -1.92. The quantitative estimate of drug-likeness (QED) is 0.412. The summed E-state index contributed by atoms with van der Waals surface area (Å²) in [6.07, 6.45) is 3.73. The second-order valence-electron chi connectivity index (χ2n) is 11.8. The molecule has 4 atom stereocenters. The number of aliphatic carboxylic acids is 2. The number of rotatable bonds is 5. The summed E-state index contributed by atoms with van der Waals surface area (Å²) in [5.41, 5.74) is 0. The third-order valence-corrected chi connectivity index (χ3v) is 59.1. The fourth-order valence-corrected chi connectivity index (χ4v) is 93.1. The maximum atomic E-state index is 12.0. The summed E-state index contributed by atoms with van der Waals surface area (Å²) in [7, 11) is 0. The van der Waals surface area contributed by atoms with Gasteiger partial charge in [-0.05, 0) is 6.42 Å². The van der Waals surface area contributed by atoms with Gasteiger partial charge in [0.15, 0.2) is 0 Å². The molecule has 6 heteroatoms. The van der Waals surface area contributed by atoms with Gasteiger partial charge in [0.25, 0.3) is 0 Å². The molecule has 128 valence electrons. The second-order valence-corrected chi connectivity index (χ2v) is 35.3. The van der Waals surface area contributed by atoms with Crippen molar-refractivity contribution in [2.24, 2.45) is 0 Å². The zero-order valence-corrected chi connectivity index (χ0v) is 14.7. The normalized spacial score (nSPS) is 93.3. The van der Waals surface area contributed by atoms with E-state index in [1.807, 2.05) is 0 Å². The molecule has 10 aliphatic heterocycles. The Hall–Kier alpha value is -0.251. The van der Waals surface area contributed by atoms with Crippen LogP contribution in [0.25, 0.3) is 0 Å². The molecular weight excluding hydrogens is 359 g/mol. The molecule has 0 amide bonds. The van der Waals surface area contributed by atoms with E-state index in [0.717, 1.165) is 34.8 Å². The third-order valence-electron chi connectivity index (χ3n) is 16.2. The number of carbonyl (C=O) groups is 2. The molecule has 0 saturated carbocycles. The van der Waals surface area contributed by atoms with E-state index in [1.165, 1.54) is 19.3 Å². The van der Waals surface area contributed by atoms with Crippen LogP contribution in [-0.4, -0.2) is 28.0 Å². The number of hydrogen-bond donors (Lipinski definition) is 2. The summed E-state index contributed by atoms with van der Waals surface area (Å²) < 4.78 is -1.14. The minimum atomic E-state index is -4.10. The number of alkyl halides is 1. The van der Waals surface area contributed by atoms with Crippen LogP contribution in [0.1, 0.15) is 26.2 Å². The molecule has 10 aliphatic rings. The molecule has 10 rings (SSSR count). The van der Waals surface area contributed by atoms with E-state index >= 15 is 0 Å². The van der Waals surface area contributed by atoms with E-state index in [1.54, 1.807) is 0 Å². The van der Waals surface area contributed by atoms with E-state index in [2.05, 4.69) is 6.92 Å². The van der Waals surface area contributed by atoms with Crippen LogP contribution in [0.4, 0.5) is 0 Å². The molecule has 10 heterocycles. The Bertz CT molecular complexity index is 1070. The predicted molar refractivity (Wildman–Crippen MR) is 80.9 cm³/mol. The van der Waals surface area contributed by atoms with Crippen molar-refractivity contribution in [1.82, 2.24) is 0 Å². The molecule has 10 saturated heterocycles. The van der Waals surface area contributed by atoms with Gasteiger partial charge in [-0.2, -0.15) is 0 Å². The van der Waals surface area contributed by atoms with Gasteiger partial charge < -0.3 is 0 Å². The average Bonchev–Trinajstić information content (AvgIpc) is 3.46. The molecule has 4 unspecified atom stereocenters. The topological polar surface area (TPSA) is 74.6 Å². The van der Waals surface area contributed by atoms with Crippen LogP contribution in [0, 0.1) is 0 Å². The Morgan fingerprint density at radius 3 is 1.48 bits per heavy atom. The monoisotopic (exact) mass is 380 g/mol. The number of fused-ring (bicyclic) bond motifs is 10. The van der Waals surface area contributed by atoms with Crippen molar-refractivity contribution in [1.29, 1.82) is 0 Å². The number of hydrogen-bond acceptors (Lipinski definition) is 2. The molecule has 0 aromatic heterocycles. The zero-order chi connectivity index (χ0) is 15.9. The molecule has 0 bridgehead atoms. The van der Waals surface area contributed by atoms with Crippen LogP contribution in [0.2, 0.25) is 47.2 Å². The van der Waals surface area contributed by atoms with Crippen molar-refractivity contribution >= 4 is 23.5 Å². The molecule has 10 fully saturated rings. The fraction of sp³-hybridized carbons (Fsp3) is 0.882. The van der Waals surface area contributed by atoms with Crippen LogP contribution >= 0.6 is 11.6 Å². The molecular formula is C17H21ClFeO4. The Balaban J connectivity index is 0.000000143. The van der Waals surface area contributed by atoms with Crippen molar-refractivity contribution < 1.29 is 26.3 Å². The molecule has 2 N–H and O–H groups in total. The van der Waals surface area contributed by atoms with Gasteiger partial charge in [-0.3, -0.25) is 0 Å². The number of carboxylic acid groups (broad SMARTS) is 2. The number of unbranched alkanes of at least 4 members (excludes halogenated alkanes) is 2. The van der Waals surface area contributed by atoms with Crippen molar-refractivity contribution in [3.63, 3.8) is 0 Å². The summed E-state index contributed by atoms with van der Waals surface area (Å²) in [5.74, 6) is -0.476. The van der Waals surface area contributed by atoms with Gasteiger partial charge in [0.1, 0.15) is 0 Å². The van der Waals surface area contributed by atoms with Crippen molar-refractivity contribution in [3.8, 4) is 0 Å². The molecule has 0 aromatic carbocycles. The van der Waals surface area contributed by atoms with Crippen LogP contribution in [0.15, 0.2) is 0 Å². The van der Waals surface area contributed by atoms with Crippen LogP contribution in [0.3, 0.4) is 0 Å². The van der Waals surface area contributed by atoms with Crippen molar-refractivity contribution in [3.05, 3.63) is 0 Å². The van der Waals surface area contributed by atoms with Gasteiger partial charge in [0.05, 0.1) is 0 Å². The Morgan fingerprint density at radius 2 is 1.35 bits per heavy atom. The Labute approximate surface area is 129 Å². The average molecular weight is 381 g/mol. The van der Waals surface area contributed by atoms with E-state index < -0.39 is 27.1 Å². The second kappa shape index (κ2) is 1.14. The predicted octanol–water partition coefficient (Wildman–Crippen LogP) is 4.70. The Kier molecular flexibility index (Phi) is 0.563. The molecule has 4 nitrogen and oxygen atoms in total. The summed E-state index contributed by atoms with van der Waals surface area (Å²) >= 11 is 5.38. The van der Waals surface area contributed by atoms with Crippen LogP contribution in [0.5, 0.6) is 0 Å². The standard InChI is InChI=1S/C7H5O4.C5H11Cl.C5H5.Fe/c8-6(9)4-2-1-3-5(4)7(10)11;1-2-3-4-5-6;1-2-4-5-3-1;/h1-3H,(H,8,9)(H,10,11);2-5H2,1H3;1-5H;. The summed E-state index contributed by atoms with van der Waals surface area (Å²) in [4.78, 5) is 29.5. The number of halogens is 1. The van der Waals surface area contributed by atoms with Crippen molar-refractivity contribution in [2.75, 3.05) is 5.88 Å². The Morgan fingerprint density at radius 1 is 0.913 bits per heavy atom. The van der Waals surface area contributed by atoms with Gasteiger partial charge in [-0.1, -0.05) is 19.8 Å². The van der Waals surface area contributed by atoms with Crippen molar-refractivity contribution in [2.45, 2.75) is 73.3 Å². The van der Waals surface area contributed by atoms with E-state index in [-0.39, 0.29) is 0 Å². The van der Waals surface area contributed by atoms with E-state index in [0.29, 0.717) is 9.63 Å². The first-order valence-electron chi connectivity index (χ1n) is 8.98. The maximum absolute atomic E-state index is 12.0. The number of carboxylic acids is 2.